The van der Waals surface area contributed by atoms with Gasteiger partial charge >= 0.3 is 5.97 Å². The molecule has 4 rings (SSSR count). The molecule has 0 aliphatic carbocycles. The molecule has 4 aromatic rings. The minimum Gasteiger partial charge on any atom is -0.467 e. The highest BCUT2D eigenvalue weighted by molar-refractivity contribution is 7.98. The molecule has 0 saturated carbocycles. The Bertz CT molecular complexity index is 1270. The Kier molecular flexibility index (Phi) is 5.92. The smallest absolute Gasteiger partial charge is 0.337 e. The number of halogens is 1. The van der Waals surface area contributed by atoms with Gasteiger partial charge in [0.25, 0.3) is 5.56 Å². The van der Waals surface area contributed by atoms with Gasteiger partial charge in [0, 0.05) is 10.8 Å². The summed E-state index contributed by atoms with van der Waals surface area (Å²) in [5.74, 6) is 0.776. The van der Waals surface area contributed by atoms with Crippen molar-refractivity contribution in [3.63, 3.8) is 0 Å². The summed E-state index contributed by atoms with van der Waals surface area (Å²) in [6.07, 6.45) is 1.57. The second-order valence-corrected chi connectivity index (χ2v) is 7.89. The molecule has 30 heavy (non-hydrogen) atoms. The summed E-state index contributed by atoms with van der Waals surface area (Å²) < 4.78 is 11.8. The molecule has 0 bridgehead atoms. The highest BCUT2D eigenvalue weighted by Crippen LogP contribution is 2.25. The van der Waals surface area contributed by atoms with Crippen LogP contribution in [0.3, 0.4) is 0 Å². The summed E-state index contributed by atoms with van der Waals surface area (Å²) in [5.41, 5.74) is 1.75. The summed E-state index contributed by atoms with van der Waals surface area (Å²) in [6.45, 7) is 0.266. The van der Waals surface area contributed by atoms with E-state index in [-0.39, 0.29) is 12.1 Å². The van der Waals surface area contributed by atoms with Gasteiger partial charge in [0.2, 0.25) is 0 Å². The van der Waals surface area contributed by atoms with Gasteiger partial charge in [-0.25, -0.2) is 9.78 Å². The Morgan fingerprint density at radius 1 is 1.20 bits per heavy atom. The van der Waals surface area contributed by atoms with Crippen molar-refractivity contribution in [1.82, 2.24) is 9.55 Å². The summed E-state index contributed by atoms with van der Waals surface area (Å²) in [5, 5.41) is 1.54. The minimum atomic E-state index is -0.393. The average molecular weight is 441 g/mol. The predicted molar refractivity (Wildman–Crippen MR) is 116 cm³/mol. The van der Waals surface area contributed by atoms with Crippen molar-refractivity contribution in [1.29, 1.82) is 0 Å². The number of benzene rings is 2. The molecule has 0 N–H and O–H groups in total. The lowest BCUT2D eigenvalue weighted by molar-refractivity contribution is 0.0600. The van der Waals surface area contributed by atoms with Crippen LogP contribution in [0.5, 0.6) is 0 Å². The fraction of sp³-hybridized carbons (Fsp3) is 0.136. The number of hydrogen-bond donors (Lipinski definition) is 0. The molecule has 0 saturated heterocycles. The van der Waals surface area contributed by atoms with Crippen molar-refractivity contribution >= 4 is 40.2 Å². The SMILES string of the molecule is COC(=O)c1cccc(CSc2nc3cc(Cl)ccc3c(=O)n2Cc2ccco2)c1. The second kappa shape index (κ2) is 8.77. The third kappa shape index (κ3) is 4.27. The number of rotatable bonds is 6. The molecule has 0 unspecified atom stereocenters. The summed E-state index contributed by atoms with van der Waals surface area (Å²) in [7, 11) is 1.35. The van der Waals surface area contributed by atoms with E-state index in [2.05, 4.69) is 4.98 Å². The van der Waals surface area contributed by atoms with Gasteiger partial charge < -0.3 is 9.15 Å². The van der Waals surface area contributed by atoms with Crippen LogP contribution >= 0.6 is 23.4 Å². The van der Waals surface area contributed by atoms with Crippen LogP contribution in [0.25, 0.3) is 10.9 Å². The molecule has 2 aromatic carbocycles. The number of esters is 1. The zero-order chi connectivity index (χ0) is 21.1. The molecule has 0 aliphatic rings. The Morgan fingerprint density at radius 2 is 2.07 bits per heavy atom. The van der Waals surface area contributed by atoms with E-state index in [0.717, 1.165) is 5.56 Å². The van der Waals surface area contributed by atoms with Crippen molar-refractivity contribution < 1.29 is 13.9 Å². The molecular weight excluding hydrogens is 424 g/mol. The summed E-state index contributed by atoms with van der Waals surface area (Å²) >= 11 is 7.50. The molecule has 0 amide bonds. The summed E-state index contributed by atoms with van der Waals surface area (Å²) in [6, 6.07) is 15.8. The largest absolute Gasteiger partial charge is 0.467 e. The number of furan rings is 1. The maximum atomic E-state index is 13.1. The Labute approximate surface area is 181 Å². The maximum absolute atomic E-state index is 13.1. The number of ether oxygens (including phenoxy) is 1. The lowest BCUT2D eigenvalue weighted by Crippen LogP contribution is -2.23. The molecule has 0 fully saturated rings. The number of carbonyl (C=O) groups is 1. The van der Waals surface area contributed by atoms with Crippen molar-refractivity contribution in [2.75, 3.05) is 7.11 Å². The van der Waals surface area contributed by atoms with Gasteiger partial charge in [-0.2, -0.15) is 0 Å². The molecule has 2 heterocycles. The number of methoxy groups -OCH3 is 1. The van der Waals surface area contributed by atoms with Gasteiger partial charge in [0.15, 0.2) is 5.16 Å². The third-order valence-electron chi connectivity index (χ3n) is 4.49. The standard InChI is InChI=1S/C22H17ClN2O4S/c1-28-21(27)15-5-2-4-14(10-15)13-30-22-24-19-11-16(23)7-8-18(19)20(26)25(22)12-17-6-3-9-29-17/h2-11H,12-13H2,1H3. The Hall–Kier alpha value is -3.03. The first-order chi connectivity index (χ1) is 14.5. The molecule has 6 nitrogen and oxygen atoms in total. The zero-order valence-electron chi connectivity index (χ0n) is 16.0. The molecule has 2 aromatic heterocycles. The fourth-order valence-corrected chi connectivity index (χ4v) is 4.14. The van der Waals surface area contributed by atoms with E-state index in [4.69, 9.17) is 20.8 Å². The van der Waals surface area contributed by atoms with Crippen LogP contribution in [-0.2, 0) is 17.0 Å². The van der Waals surface area contributed by atoms with E-state index in [0.29, 0.717) is 38.2 Å². The first-order valence-electron chi connectivity index (χ1n) is 9.07. The van der Waals surface area contributed by atoms with E-state index >= 15 is 0 Å². The van der Waals surface area contributed by atoms with Crippen LogP contribution in [0.1, 0.15) is 21.7 Å². The molecule has 152 valence electrons. The fourth-order valence-electron chi connectivity index (χ4n) is 3.04. The van der Waals surface area contributed by atoms with Crippen LogP contribution in [0.4, 0.5) is 0 Å². The normalized spacial score (nSPS) is 11.0. The second-order valence-electron chi connectivity index (χ2n) is 6.51. The lowest BCUT2D eigenvalue weighted by atomic mass is 10.1. The maximum Gasteiger partial charge on any atom is 0.337 e. The van der Waals surface area contributed by atoms with E-state index in [1.54, 1.807) is 53.3 Å². The molecule has 8 heteroatoms. The number of hydrogen-bond acceptors (Lipinski definition) is 6. The zero-order valence-corrected chi connectivity index (χ0v) is 17.6. The van der Waals surface area contributed by atoms with Crippen LogP contribution in [0.15, 0.2) is 75.2 Å². The molecule has 0 aliphatic heterocycles. The highest BCUT2D eigenvalue weighted by atomic mass is 35.5. The lowest BCUT2D eigenvalue weighted by Gasteiger charge is -2.12. The van der Waals surface area contributed by atoms with Crippen molar-refractivity contribution in [3.8, 4) is 0 Å². The van der Waals surface area contributed by atoms with Crippen molar-refractivity contribution in [3.05, 3.63) is 93.1 Å². The quantitative estimate of drug-likeness (QED) is 0.244. The topological polar surface area (TPSA) is 74.3 Å². The first kappa shape index (κ1) is 20.3. The van der Waals surface area contributed by atoms with E-state index < -0.39 is 5.97 Å². The highest BCUT2D eigenvalue weighted by Gasteiger charge is 2.14. The van der Waals surface area contributed by atoms with E-state index in [1.807, 2.05) is 12.1 Å². The number of fused-ring (bicyclic) bond motifs is 1. The number of carbonyl (C=O) groups excluding carboxylic acids is 1. The third-order valence-corrected chi connectivity index (χ3v) is 5.78. The Morgan fingerprint density at radius 3 is 2.83 bits per heavy atom. The van der Waals surface area contributed by atoms with Gasteiger partial charge in [-0.1, -0.05) is 35.5 Å². The van der Waals surface area contributed by atoms with Crippen LogP contribution in [-0.4, -0.2) is 22.6 Å². The molecule has 0 spiro atoms. The van der Waals surface area contributed by atoms with Crippen LogP contribution < -0.4 is 5.56 Å². The van der Waals surface area contributed by atoms with Gasteiger partial charge in [0.1, 0.15) is 5.76 Å². The monoisotopic (exact) mass is 440 g/mol. The van der Waals surface area contributed by atoms with E-state index in [9.17, 15) is 9.59 Å². The molecule has 0 radical (unpaired) electrons. The van der Waals surface area contributed by atoms with Crippen molar-refractivity contribution in [2.45, 2.75) is 17.5 Å². The van der Waals surface area contributed by atoms with Crippen LogP contribution in [0.2, 0.25) is 5.02 Å². The number of aromatic nitrogens is 2. The van der Waals surface area contributed by atoms with Gasteiger partial charge in [-0.05, 0) is 48.0 Å². The van der Waals surface area contributed by atoms with Gasteiger partial charge in [-0.3, -0.25) is 9.36 Å². The molecular formula is C22H17ClN2O4S. The Balaban J connectivity index is 1.71. The first-order valence-corrected chi connectivity index (χ1v) is 10.4. The predicted octanol–water partition coefficient (Wildman–Crippen LogP) is 4.77. The van der Waals surface area contributed by atoms with Gasteiger partial charge in [0.05, 0.1) is 36.4 Å². The minimum absolute atomic E-state index is 0.168. The molecule has 0 atom stereocenters. The van der Waals surface area contributed by atoms with Crippen molar-refractivity contribution in [2.24, 2.45) is 0 Å². The number of nitrogens with zero attached hydrogens (tertiary/aromatic N) is 2. The van der Waals surface area contributed by atoms with E-state index in [1.165, 1.54) is 18.9 Å². The summed E-state index contributed by atoms with van der Waals surface area (Å²) in [4.78, 5) is 29.6. The van der Waals surface area contributed by atoms with Crippen LogP contribution in [0, 0.1) is 0 Å². The number of thioether (sulfide) groups is 1. The van der Waals surface area contributed by atoms with Gasteiger partial charge in [-0.15, -0.1) is 0 Å². The average Bonchev–Trinajstić information content (AvgIpc) is 3.27.